The average molecular weight is 437 g/mol. The van der Waals surface area contributed by atoms with E-state index in [-0.39, 0.29) is 10.8 Å². The van der Waals surface area contributed by atoms with E-state index in [4.69, 9.17) is 4.42 Å². The molecule has 0 aliphatic carbocycles. The van der Waals surface area contributed by atoms with Crippen molar-refractivity contribution in [2.75, 3.05) is 0 Å². The molecule has 1 atom stereocenters. The first kappa shape index (κ1) is 18.8. The molecule has 0 spiro atoms. The van der Waals surface area contributed by atoms with Gasteiger partial charge in [0.1, 0.15) is 16.4 Å². The predicted octanol–water partition coefficient (Wildman–Crippen LogP) is 4.38. The number of rotatable bonds is 5. The fraction of sp³-hybridized carbons (Fsp3) is 0.150. The summed E-state index contributed by atoms with van der Waals surface area (Å²) >= 11 is 2.85. The molecule has 1 aromatic carbocycles. The molecule has 0 bridgehead atoms. The molecular weight excluding hydrogens is 420 g/mol. The molecule has 0 aliphatic heterocycles. The van der Waals surface area contributed by atoms with Crippen LogP contribution in [0.15, 0.2) is 62.4 Å². The summed E-state index contributed by atoms with van der Waals surface area (Å²) < 4.78 is 7.13. The Hall–Kier alpha value is -3.24. The quantitative estimate of drug-likeness (QED) is 0.408. The Labute approximate surface area is 179 Å². The molecule has 0 saturated carbocycles. The molecule has 8 nitrogen and oxygen atoms in total. The second-order valence-electron chi connectivity index (χ2n) is 6.73. The first-order valence-corrected chi connectivity index (χ1v) is 10.9. The van der Waals surface area contributed by atoms with Crippen LogP contribution in [0, 0.1) is 6.92 Å². The van der Waals surface area contributed by atoms with Crippen LogP contribution in [0.2, 0.25) is 0 Å². The zero-order chi connectivity index (χ0) is 20.7. The number of thioether (sulfide) groups is 1. The van der Waals surface area contributed by atoms with Crippen molar-refractivity contribution >= 4 is 33.3 Å². The lowest BCUT2D eigenvalue weighted by molar-refractivity contribution is 0.583. The summed E-state index contributed by atoms with van der Waals surface area (Å²) in [5, 5.41) is 15.0. The van der Waals surface area contributed by atoms with Gasteiger partial charge < -0.3 is 9.40 Å². The van der Waals surface area contributed by atoms with E-state index in [1.807, 2.05) is 49.6 Å². The first-order chi connectivity index (χ1) is 14.6. The molecule has 150 valence electrons. The molecule has 0 fully saturated rings. The van der Waals surface area contributed by atoms with E-state index in [0.29, 0.717) is 27.0 Å². The Kier molecular flexibility index (Phi) is 4.72. The van der Waals surface area contributed by atoms with E-state index >= 15 is 0 Å². The molecule has 1 N–H and O–H groups in total. The molecule has 30 heavy (non-hydrogen) atoms. The first-order valence-electron chi connectivity index (χ1n) is 9.17. The minimum Gasteiger partial charge on any atom is -0.464 e. The van der Waals surface area contributed by atoms with Crippen molar-refractivity contribution in [3.8, 4) is 17.0 Å². The van der Waals surface area contributed by atoms with E-state index in [0.717, 1.165) is 16.8 Å². The maximum Gasteiger partial charge on any atom is 0.260 e. The average Bonchev–Trinajstić information content (AvgIpc) is 3.48. The highest BCUT2D eigenvalue weighted by Crippen LogP contribution is 2.35. The van der Waals surface area contributed by atoms with Crippen molar-refractivity contribution in [3.63, 3.8) is 0 Å². The Morgan fingerprint density at radius 3 is 2.97 bits per heavy atom. The van der Waals surface area contributed by atoms with Crippen LogP contribution in [0.25, 0.3) is 27.2 Å². The largest absolute Gasteiger partial charge is 0.464 e. The van der Waals surface area contributed by atoms with Crippen molar-refractivity contribution in [3.05, 3.63) is 69.8 Å². The topological polar surface area (TPSA) is 102 Å². The molecule has 5 aromatic rings. The Morgan fingerprint density at radius 2 is 2.17 bits per heavy atom. The van der Waals surface area contributed by atoms with Crippen LogP contribution in [0.5, 0.6) is 0 Å². The molecule has 5 rings (SSSR count). The van der Waals surface area contributed by atoms with Gasteiger partial charge in [-0.2, -0.15) is 4.68 Å². The van der Waals surface area contributed by atoms with Crippen molar-refractivity contribution in [1.82, 2.24) is 30.2 Å². The summed E-state index contributed by atoms with van der Waals surface area (Å²) in [5.74, 6) is 1.23. The van der Waals surface area contributed by atoms with Gasteiger partial charge in [-0.05, 0) is 54.1 Å². The van der Waals surface area contributed by atoms with E-state index in [1.165, 1.54) is 23.1 Å². The van der Waals surface area contributed by atoms with Crippen molar-refractivity contribution in [2.45, 2.75) is 24.3 Å². The fourth-order valence-corrected chi connectivity index (χ4v) is 4.96. The highest BCUT2D eigenvalue weighted by molar-refractivity contribution is 7.99. The number of nitrogens with zero attached hydrogens (tertiary/aromatic N) is 5. The monoisotopic (exact) mass is 436 g/mol. The van der Waals surface area contributed by atoms with Crippen LogP contribution >= 0.6 is 23.1 Å². The molecule has 10 heteroatoms. The maximum atomic E-state index is 12.8. The van der Waals surface area contributed by atoms with Crippen LogP contribution in [0.4, 0.5) is 0 Å². The Morgan fingerprint density at radius 1 is 1.27 bits per heavy atom. The number of aryl methyl sites for hydroxylation is 1. The van der Waals surface area contributed by atoms with Crippen molar-refractivity contribution < 1.29 is 4.42 Å². The highest BCUT2D eigenvalue weighted by atomic mass is 32.2. The third-order valence-electron chi connectivity index (χ3n) is 4.60. The number of furan rings is 1. The lowest BCUT2D eigenvalue weighted by atomic mass is 10.2. The number of benzene rings is 1. The number of aromatic nitrogens is 6. The van der Waals surface area contributed by atoms with Gasteiger partial charge in [-0.25, -0.2) is 4.98 Å². The van der Waals surface area contributed by atoms with Gasteiger partial charge in [0.15, 0.2) is 0 Å². The molecule has 0 amide bonds. The van der Waals surface area contributed by atoms with E-state index in [9.17, 15) is 4.79 Å². The summed E-state index contributed by atoms with van der Waals surface area (Å²) in [5.41, 5.74) is 2.57. The Bertz CT molecular complexity index is 1390. The minimum absolute atomic E-state index is 0.161. The van der Waals surface area contributed by atoms with Gasteiger partial charge in [-0.3, -0.25) is 4.79 Å². The third-order valence-corrected chi connectivity index (χ3v) is 6.52. The summed E-state index contributed by atoms with van der Waals surface area (Å²) in [6.07, 6.45) is 1.59. The van der Waals surface area contributed by atoms with Gasteiger partial charge in [-0.1, -0.05) is 23.9 Å². The number of thiophene rings is 1. The lowest BCUT2D eigenvalue weighted by Gasteiger charge is -2.10. The van der Waals surface area contributed by atoms with Gasteiger partial charge in [0.2, 0.25) is 5.16 Å². The number of fused-ring (bicyclic) bond motifs is 1. The summed E-state index contributed by atoms with van der Waals surface area (Å²) in [7, 11) is 0. The molecule has 4 aromatic heterocycles. The van der Waals surface area contributed by atoms with Gasteiger partial charge in [-0.15, -0.1) is 16.4 Å². The van der Waals surface area contributed by atoms with Crippen molar-refractivity contribution in [1.29, 1.82) is 0 Å². The van der Waals surface area contributed by atoms with Crippen molar-refractivity contribution in [2.24, 2.45) is 0 Å². The second kappa shape index (κ2) is 7.54. The Balaban J connectivity index is 1.47. The molecule has 1 unspecified atom stereocenters. The molecule has 0 radical (unpaired) electrons. The number of hydrogen-bond acceptors (Lipinski definition) is 8. The smallest absolute Gasteiger partial charge is 0.260 e. The van der Waals surface area contributed by atoms with Gasteiger partial charge in [0, 0.05) is 10.9 Å². The minimum atomic E-state index is -0.187. The van der Waals surface area contributed by atoms with Crippen LogP contribution < -0.4 is 5.56 Å². The number of hydrogen-bond donors (Lipinski definition) is 1. The van der Waals surface area contributed by atoms with Gasteiger partial charge in [0.25, 0.3) is 5.56 Å². The SMILES string of the molecule is Cc1cccc(-n2nnnc2SC(C)c2nc3scc(-c4ccco4)c3c(=O)[nH]2)c1. The zero-order valence-corrected chi connectivity index (χ0v) is 17.7. The van der Waals surface area contributed by atoms with E-state index in [2.05, 4.69) is 25.5 Å². The normalized spacial score (nSPS) is 12.5. The number of H-pyrrole nitrogens is 1. The second-order valence-corrected chi connectivity index (χ2v) is 8.90. The molecule has 4 heterocycles. The number of nitrogens with one attached hydrogen (secondary N) is 1. The van der Waals surface area contributed by atoms with Crippen LogP contribution in [0.1, 0.15) is 23.6 Å². The van der Waals surface area contributed by atoms with Crippen LogP contribution in [0.3, 0.4) is 0 Å². The van der Waals surface area contributed by atoms with E-state index < -0.39 is 0 Å². The summed E-state index contributed by atoms with van der Waals surface area (Å²) in [6.45, 7) is 3.98. The molecule has 0 aliphatic rings. The molecular formula is C20H16N6O2S2. The lowest BCUT2D eigenvalue weighted by Crippen LogP contribution is -2.12. The third kappa shape index (κ3) is 3.33. The van der Waals surface area contributed by atoms with Gasteiger partial charge in [0.05, 0.1) is 22.6 Å². The molecule has 0 saturated heterocycles. The standard InChI is InChI=1S/C20H16N6O2S2/c1-11-5-3-6-13(9-11)26-20(23-24-25-26)30-12(2)17-21-18(27)16-14(10-29-19(16)22-17)15-7-4-8-28-15/h3-10,12H,1-2H3,(H,21,22,27). The van der Waals surface area contributed by atoms with Gasteiger partial charge >= 0.3 is 0 Å². The summed E-state index contributed by atoms with van der Waals surface area (Å²) in [6, 6.07) is 11.6. The highest BCUT2D eigenvalue weighted by Gasteiger charge is 2.20. The number of tetrazole rings is 1. The maximum absolute atomic E-state index is 12.8. The predicted molar refractivity (Wildman–Crippen MR) is 116 cm³/mol. The zero-order valence-electron chi connectivity index (χ0n) is 16.1. The summed E-state index contributed by atoms with van der Waals surface area (Å²) in [4.78, 5) is 21.1. The number of aromatic amines is 1. The van der Waals surface area contributed by atoms with Crippen LogP contribution in [-0.2, 0) is 0 Å². The fourth-order valence-electron chi connectivity index (χ4n) is 3.16. The van der Waals surface area contributed by atoms with E-state index in [1.54, 1.807) is 17.0 Å². The van der Waals surface area contributed by atoms with Crippen LogP contribution in [-0.4, -0.2) is 30.2 Å².